The summed E-state index contributed by atoms with van der Waals surface area (Å²) in [6, 6.07) is 3.82. The van der Waals surface area contributed by atoms with Gasteiger partial charge in [0.05, 0.1) is 30.2 Å². The Morgan fingerprint density at radius 1 is 1.08 bits per heavy atom. The van der Waals surface area contributed by atoms with E-state index in [1.54, 1.807) is 4.68 Å². The lowest BCUT2D eigenvalue weighted by Crippen LogP contribution is -2.47. The largest absolute Gasteiger partial charge is 0.417 e. The maximum absolute atomic E-state index is 14.1. The summed E-state index contributed by atoms with van der Waals surface area (Å²) in [6.45, 7) is 3.06. The molecular formula is C31H44F4N6O5S2. The van der Waals surface area contributed by atoms with E-state index in [9.17, 15) is 35.9 Å². The minimum absolute atomic E-state index is 0.0146. The minimum atomic E-state index is -4.58. The average molecular weight is 721 g/mol. The number of aromatic nitrogens is 2. The van der Waals surface area contributed by atoms with E-state index in [-0.39, 0.29) is 30.6 Å². The van der Waals surface area contributed by atoms with Gasteiger partial charge in [-0.05, 0) is 37.8 Å². The molecule has 0 spiro atoms. The summed E-state index contributed by atoms with van der Waals surface area (Å²) in [5.74, 6) is -0.0365. The average Bonchev–Trinajstić information content (AvgIpc) is 3.39. The Kier molecular flexibility index (Phi) is 12.1. The Morgan fingerprint density at radius 3 is 2.42 bits per heavy atom. The fraction of sp³-hybridized carbons (Fsp3) is 0.677. The van der Waals surface area contributed by atoms with E-state index in [0.29, 0.717) is 93.9 Å². The molecule has 5 rings (SSSR count). The van der Waals surface area contributed by atoms with E-state index in [1.807, 2.05) is 0 Å². The topological polar surface area (TPSA) is 131 Å². The van der Waals surface area contributed by atoms with E-state index in [1.165, 1.54) is 16.4 Å². The monoisotopic (exact) mass is 720 g/mol. The zero-order valence-electron chi connectivity index (χ0n) is 27.0. The zero-order chi connectivity index (χ0) is 34.6. The van der Waals surface area contributed by atoms with Gasteiger partial charge in [-0.25, -0.2) is 12.8 Å². The normalized spacial score (nSPS) is 20.1. The van der Waals surface area contributed by atoms with Gasteiger partial charge in [0.15, 0.2) is 0 Å². The van der Waals surface area contributed by atoms with Crippen LogP contribution in [0.2, 0.25) is 0 Å². The second-order valence-electron chi connectivity index (χ2n) is 12.8. The number of piperidine rings is 2. The third kappa shape index (κ3) is 9.48. The molecule has 2 saturated heterocycles. The van der Waals surface area contributed by atoms with Crippen LogP contribution in [0, 0.1) is 0 Å². The number of hydrogen-bond donors (Lipinski definition) is 3. The number of nitrogens with zero attached hydrogens (tertiary/aromatic N) is 5. The van der Waals surface area contributed by atoms with Crippen LogP contribution >= 0.6 is 11.8 Å². The van der Waals surface area contributed by atoms with Crippen LogP contribution in [0.15, 0.2) is 23.1 Å². The first-order valence-electron chi connectivity index (χ1n) is 16.3. The van der Waals surface area contributed by atoms with Crippen molar-refractivity contribution in [2.45, 2.75) is 74.6 Å². The Labute approximate surface area is 282 Å². The van der Waals surface area contributed by atoms with Crippen LogP contribution in [0.5, 0.6) is 0 Å². The van der Waals surface area contributed by atoms with Gasteiger partial charge >= 0.3 is 6.18 Å². The first-order valence-corrected chi connectivity index (χ1v) is 19.1. The maximum Gasteiger partial charge on any atom is 0.417 e. The number of halogens is 4. The number of carbonyl (C=O) groups excluding carboxylic acids is 1. The third-order valence-electron chi connectivity index (χ3n) is 9.26. The number of aliphatic hydroxyl groups is 2. The molecule has 2 fully saturated rings. The number of thioether (sulfide) groups is 1. The SMILES string of the molecule is CS(=O)(=O)N1CCc2c(c(-c3ccc(C(F)(F)F)c(SCCN4CCC(F)CC4)c3)nn2CC(O)CN2CCC(NC(=O)CO)CC2)C1. The maximum atomic E-state index is 14.1. The molecule has 0 saturated carbocycles. The van der Waals surface area contributed by atoms with Crippen molar-refractivity contribution in [1.82, 2.24) is 29.2 Å². The Bertz CT molecular complexity index is 1530. The number of β-amino-alcohol motifs (C(OH)–C–C–N with tert-alkyl or cyclic N) is 1. The minimum Gasteiger partial charge on any atom is -0.390 e. The first-order chi connectivity index (χ1) is 22.7. The van der Waals surface area contributed by atoms with Crippen LogP contribution in [0.3, 0.4) is 0 Å². The highest BCUT2D eigenvalue weighted by atomic mass is 32.2. The van der Waals surface area contributed by atoms with E-state index in [2.05, 4.69) is 15.1 Å². The smallest absolute Gasteiger partial charge is 0.390 e. The molecule has 268 valence electrons. The highest BCUT2D eigenvalue weighted by molar-refractivity contribution is 7.99. The molecular weight excluding hydrogens is 677 g/mol. The van der Waals surface area contributed by atoms with E-state index < -0.39 is 46.6 Å². The van der Waals surface area contributed by atoms with Crippen molar-refractivity contribution in [2.75, 3.05) is 64.4 Å². The Balaban J connectivity index is 1.35. The van der Waals surface area contributed by atoms with Crippen molar-refractivity contribution in [3.8, 4) is 11.3 Å². The van der Waals surface area contributed by atoms with Gasteiger partial charge in [-0.15, -0.1) is 11.8 Å². The Hall–Kier alpha value is -2.28. The van der Waals surface area contributed by atoms with Crippen LogP contribution in [0.25, 0.3) is 11.3 Å². The number of likely N-dealkylation sites (tertiary alicyclic amines) is 2. The van der Waals surface area contributed by atoms with Gasteiger partial charge in [-0.3, -0.25) is 9.48 Å². The predicted octanol–water partition coefficient (Wildman–Crippen LogP) is 2.35. The molecule has 0 radical (unpaired) electrons. The molecule has 3 aliphatic rings. The van der Waals surface area contributed by atoms with Gasteiger partial charge in [0.25, 0.3) is 0 Å². The van der Waals surface area contributed by atoms with Crippen LogP contribution in [0.1, 0.15) is 42.5 Å². The molecule has 17 heteroatoms. The highest BCUT2D eigenvalue weighted by Gasteiger charge is 2.35. The molecule has 1 unspecified atom stereocenters. The number of sulfonamides is 1. The van der Waals surface area contributed by atoms with Crippen LogP contribution in [-0.2, 0) is 40.5 Å². The third-order valence-corrected chi connectivity index (χ3v) is 11.5. The van der Waals surface area contributed by atoms with E-state index >= 15 is 0 Å². The number of carbonyl (C=O) groups is 1. The van der Waals surface area contributed by atoms with Gasteiger partial charge in [0, 0.05) is 92.3 Å². The number of fused-ring (bicyclic) bond motifs is 1. The first kappa shape index (κ1) is 37.0. The number of aliphatic hydroxyl groups excluding tert-OH is 2. The fourth-order valence-corrected chi connectivity index (χ4v) is 8.56. The molecule has 3 aliphatic heterocycles. The lowest BCUT2D eigenvalue weighted by atomic mass is 10.0. The van der Waals surface area contributed by atoms with Crippen molar-refractivity contribution >= 4 is 27.7 Å². The van der Waals surface area contributed by atoms with Crippen molar-refractivity contribution in [3.05, 3.63) is 35.0 Å². The van der Waals surface area contributed by atoms with E-state index in [4.69, 9.17) is 10.2 Å². The molecule has 0 aliphatic carbocycles. The second-order valence-corrected chi connectivity index (χ2v) is 15.9. The zero-order valence-corrected chi connectivity index (χ0v) is 28.6. The van der Waals surface area contributed by atoms with Crippen molar-refractivity contribution in [2.24, 2.45) is 0 Å². The molecule has 4 heterocycles. The summed E-state index contributed by atoms with van der Waals surface area (Å²) in [5.41, 5.74) is 1.38. The van der Waals surface area contributed by atoms with Crippen molar-refractivity contribution in [1.29, 1.82) is 0 Å². The standard InChI is InChI=1S/C31H44F4N6O5S2/c1-48(45,46)40-13-8-27-25(19-40)30(37-41(27)18-24(43)17-39-11-6-23(7-12-39)36-29(44)20-42)21-2-3-26(31(33,34)35)28(16-21)47-15-14-38-9-4-22(32)5-10-38/h2-3,16,22-24,42-43H,4-15,17-20H2,1H3,(H,36,44). The molecule has 48 heavy (non-hydrogen) atoms. The molecule has 1 aromatic heterocycles. The summed E-state index contributed by atoms with van der Waals surface area (Å²) < 4.78 is 83.7. The second kappa shape index (κ2) is 15.7. The lowest BCUT2D eigenvalue weighted by molar-refractivity contribution is -0.139. The lowest BCUT2D eigenvalue weighted by Gasteiger charge is -2.33. The molecule has 3 N–H and O–H groups in total. The Morgan fingerprint density at radius 2 is 1.77 bits per heavy atom. The van der Waals surface area contributed by atoms with Gasteiger partial charge in [0.2, 0.25) is 15.9 Å². The molecule has 1 aromatic carbocycles. The quantitative estimate of drug-likeness (QED) is 0.224. The molecule has 11 nitrogen and oxygen atoms in total. The fourth-order valence-electron chi connectivity index (χ4n) is 6.65. The number of amides is 1. The van der Waals surface area contributed by atoms with Crippen LogP contribution in [-0.4, -0.2) is 131 Å². The molecule has 1 atom stereocenters. The van der Waals surface area contributed by atoms with Gasteiger partial charge in [0.1, 0.15) is 12.8 Å². The van der Waals surface area contributed by atoms with Gasteiger partial charge in [-0.2, -0.15) is 22.6 Å². The summed E-state index contributed by atoms with van der Waals surface area (Å²) in [7, 11) is -3.56. The predicted molar refractivity (Wildman–Crippen MR) is 174 cm³/mol. The van der Waals surface area contributed by atoms with Crippen LogP contribution < -0.4 is 5.32 Å². The van der Waals surface area contributed by atoms with Crippen molar-refractivity contribution in [3.63, 3.8) is 0 Å². The summed E-state index contributed by atoms with van der Waals surface area (Å²) in [6.07, 6.45) is -2.62. The van der Waals surface area contributed by atoms with Crippen molar-refractivity contribution < 1.29 is 41.0 Å². The number of rotatable bonds is 12. The molecule has 1 amide bonds. The summed E-state index contributed by atoms with van der Waals surface area (Å²) in [4.78, 5) is 15.7. The number of benzene rings is 1. The molecule has 0 bridgehead atoms. The summed E-state index contributed by atoms with van der Waals surface area (Å²) in [5, 5.41) is 27.6. The number of nitrogens with one attached hydrogen (secondary N) is 1. The van der Waals surface area contributed by atoms with Gasteiger partial charge in [-0.1, -0.05) is 6.07 Å². The van der Waals surface area contributed by atoms with Crippen LogP contribution in [0.4, 0.5) is 17.6 Å². The van der Waals surface area contributed by atoms with Gasteiger partial charge < -0.3 is 25.3 Å². The highest BCUT2D eigenvalue weighted by Crippen LogP contribution is 2.40. The molecule has 2 aromatic rings. The number of hydrogen-bond acceptors (Lipinski definition) is 9. The van der Waals surface area contributed by atoms with E-state index in [0.717, 1.165) is 29.8 Å². The summed E-state index contributed by atoms with van der Waals surface area (Å²) >= 11 is 1.08. The number of alkyl halides is 4.